The van der Waals surface area contributed by atoms with Gasteiger partial charge in [0.05, 0.1) is 21.3 Å². The van der Waals surface area contributed by atoms with Crippen molar-refractivity contribution in [2.75, 3.05) is 30.0 Å². The van der Waals surface area contributed by atoms with Crippen molar-refractivity contribution in [1.29, 1.82) is 0 Å². The second-order valence-corrected chi connectivity index (χ2v) is 5.57. The van der Waals surface area contributed by atoms with Crippen LogP contribution in [0.1, 0.15) is 10.4 Å². The van der Waals surface area contributed by atoms with Crippen LogP contribution in [0.25, 0.3) is 0 Å². The highest BCUT2D eigenvalue weighted by Crippen LogP contribution is 2.28. The summed E-state index contributed by atoms with van der Waals surface area (Å²) >= 11 is 12.2. The molecule has 1 amide bonds. The predicted molar refractivity (Wildman–Crippen MR) is 89.6 cm³/mol. The largest absolute Gasteiger partial charge is 0.399 e. The van der Waals surface area contributed by atoms with Crippen molar-refractivity contribution in [2.45, 2.75) is 0 Å². The lowest BCUT2D eigenvalue weighted by molar-refractivity contribution is 0.102. The second kappa shape index (κ2) is 6.24. The second-order valence-electron chi connectivity index (χ2n) is 4.75. The third-order valence-electron chi connectivity index (χ3n) is 2.93. The minimum Gasteiger partial charge on any atom is -0.399 e. The van der Waals surface area contributed by atoms with Gasteiger partial charge in [0, 0.05) is 25.5 Å². The number of nitrogens with one attached hydrogen (secondary N) is 1. The lowest BCUT2D eigenvalue weighted by atomic mass is 10.2. The van der Waals surface area contributed by atoms with Crippen molar-refractivity contribution in [1.82, 2.24) is 0 Å². The van der Waals surface area contributed by atoms with Crippen LogP contribution < -0.4 is 16.0 Å². The zero-order valence-electron chi connectivity index (χ0n) is 11.7. The van der Waals surface area contributed by atoms with Crippen LogP contribution >= 0.6 is 23.2 Å². The summed E-state index contributed by atoms with van der Waals surface area (Å²) in [6, 6.07) is 10.1. The van der Waals surface area contributed by atoms with Crippen molar-refractivity contribution in [2.24, 2.45) is 0 Å². The van der Waals surface area contributed by atoms with Crippen LogP contribution in [0.3, 0.4) is 0 Å². The first kappa shape index (κ1) is 15.5. The molecular weight excluding hydrogens is 309 g/mol. The molecule has 0 aromatic heterocycles. The molecule has 6 heteroatoms. The molecule has 0 spiro atoms. The SMILES string of the molecule is CN(C)c1ccc(NC(=O)c2ccc(N)cc2Cl)cc1Cl. The van der Waals surface area contributed by atoms with E-state index >= 15 is 0 Å². The highest BCUT2D eigenvalue weighted by molar-refractivity contribution is 6.35. The van der Waals surface area contributed by atoms with Crippen LogP contribution in [0.4, 0.5) is 17.1 Å². The number of amides is 1. The van der Waals surface area contributed by atoms with Gasteiger partial charge in [0.1, 0.15) is 0 Å². The van der Waals surface area contributed by atoms with Crippen molar-refractivity contribution in [3.05, 3.63) is 52.0 Å². The van der Waals surface area contributed by atoms with E-state index in [9.17, 15) is 4.79 Å². The Morgan fingerprint density at radius 3 is 2.38 bits per heavy atom. The van der Waals surface area contributed by atoms with E-state index in [1.807, 2.05) is 25.1 Å². The van der Waals surface area contributed by atoms with E-state index in [4.69, 9.17) is 28.9 Å². The Morgan fingerprint density at radius 1 is 1.10 bits per heavy atom. The Kier molecular flexibility index (Phi) is 4.60. The van der Waals surface area contributed by atoms with E-state index in [1.54, 1.807) is 30.3 Å². The number of benzene rings is 2. The Labute approximate surface area is 133 Å². The number of halogens is 2. The molecule has 0 radical (unpaired) electrons. The molecule has 110 valence electrons. The average molecular weight is 324 g/mol. The van der Waals surface area contributed by atoms with Gasteiger partial charge in [-0.1, -0.05) is 23.2 Å². The fourth-order valence-corrected chi connectivity index (χ4v) is 2.49. The smallest absolute Gasteiger partial charge is 0.257 e. The molecule has 0 saturated heterocycles. The van der Waals surface area contributed by atoms with Crippen molar-refractivity contribution >= 4 is 46.2 Å². The fourth-order valence-electron chi connectivity index (χ4n) is 1.86. The van der Waals surface area contributed by atoms with Crippen LogP contribution in [-0.4, -0.2) is 20.0 Å². The van der Waals surface area contributed by atoms with E-state index in [-0.39, 0.29) is 5.91 Å². The van der Waals surface area contributed by atoms with Crippen LogP contribution in [0.2, 0.25) is 10.0 Å². The molecule has 0 fully saturated rings. The molecule has 0 atom stereocenters. The van der Waals surface area contributed by atoms with E-state index in [2.05, 4.69) is 5.32 Å². The molecule has 2 aromatic rings. The molecule has 0 unspecified atom stereocenters. The molecule has 0 saturated carbocycles. The number of hydrogen-bond donors (Lipinski definition) is 2. The van der Waals surface area contributed by atoms with Crippen molar-refractivity contribution < 1.29 is 4.79 Å². The molecule has 0 aliphatic rings. The Bertz CT molecular complexity index is 687. The molecule has 3 N–H and O–H groups in total. The highest BCUT2D eigenvalue weighted by atomic mass is 35.5. The normalized spacial score (nSPS) is 10.3. The number of nitrogen functional groups attached to an aromatic ring is 1. The lowest BCUT2D eigenvalue weighted by Crippen LogP contribution is -2.13. The average Bonchev–Trinajstić information content (AvgIpc) is 2.37. The summed E-state index contributed by atoms with van der Waals surface area (Å²) in [6.07, 6.45) is 0. The standard InChI is InChI=1S/C15H15Cl2N3O/c1-20(2)14-6-4-10(8-13(14)17)19-15(21)11-5-3-9(18)7-12(11)16/h3-8H,18H2,1-2H3,(H,19,21). The summed E-state index contributed by atoms with van der Waals surface area (Å²) in [5, 5.41) is 3.62. The van der Waals surface area contributed by atoms with Crippen molar-refractivity contribution in [3.63, 3.8) is 0 Å². The number of anilines is 3. The van der Waals surface area contributed by atoms with Gasteiger partial charge < -0.3 is 16.0 Å². The molecule has 0 aliphatic carbocycles. The van der Waals surface area contributed by atoms with Gasteiger partial charge in [-0.05, 0) is 36.4 Å². The van der Waals surface area contributed by atoms with Gasteiger partial charge in [-0.15, -0.1) is 0 Å². The molecule has 0 aliphatic heterocycles. The number of carbonyl (C=O) groups excluding carboxylic acids is 1. The molecule has 4 nitrogen and oxygen atoms in total. The van der Waals surface area contributed by atoms with E-state index in [1.165, 1.54) is 0 Å². The summed E-state index contributed by atoms with van der Waals surface area (Å²) in [6.45, 7) is 0. The monoisotopic (exact) mass is 323 g/mol. The Balaban J connectivity index is 2.22. The molecular formula is C15H15Cl2N3O. The highest BCUT2D eigenvalue weighted by Gasteiger charge is 2.12. The third kappa shape index (κ3) is 3.60. The number of rotatable bonds is 3. The summed E-state index contributed by atoms with van der Waals surface area (Å²) in [5.41, 5.74) is 7.95. The van der Waals surface area contributed by atoms with Crippen LogP contribution in [0.15, 0.2) is 36.4 Å². The maximum Gasteiger partial charge on any atom is 0.257 e. The quantitative estimate of drug-likeness (QED) is 0.842. The zero-order valence-corrected chi connectivity index (χ0v) is 13.2. The van der Waals surface area contributed by atoms with Gasteiger partial charge in [-0.25, -0.2) is 0 Å². The first-order valence-corrected chi connectivity index (χ1v) is 6.97. The minimum absolute atomic E-state index is 0.309. The first-order chi connectivity index (χ1) is 9.88. The number of nitrogens with two attached hydrogens (primary N) is 1. The minimum atomic E-state index is -0.311. The van der Waals surface area contributed by atoms with Gasteiger partial charge in [0.25, 0.3) is 5.91 Å². The number of hydrogen-bond acceptors (Lipinski definition) is 3. The zero-order chi connectivity index (χ0) is 15.6. The molecule has 0 heterocycles. The van der Waals surface area contributed by atoms with Gasteiger partial charge in [0.15, 0.2) is 0 Å². The van der Waals surface area contributed by atoms with Crippen molar-refractivity contribution in [3.8, 4) is 0 Å². The number of nitrogens with zero attached hydrogens (tertiary/aromatic N) is 1. The van der Waals surface area contributed by atoms with Crippen LogP contribution in [0.5, 0.6) is 0 Å². The number of carbonyl (C=O) groups is 1. The molecule has 2 aromatic carbocycles. The fraction of sp³-hybridized carbons (Fsp3) is 0.133. The maximum absolute atomic E-state index is 12.2. The van der Waals surface area contributed by atoms with Gasteiger partial charge in [0.2, 0.25) is 0 Å². The molecule has 0 bridgehead atoms. The van der Waals surface area contributed by atoms with Gasteiger partial charge in [-0.3, -0.25) is 4.79 Å². The topological polar surface area (TPSA) is 58.4 Å². The van der Waals surface area contributed by atoms with Crippen LogP contribution in [0, 0.1) is 0 Å². The first-order valence-electron chi connectivity index (χ1n) is 6.21. The predicted octanol–water partition coefficient (Wildman–Crippen LogP) is 3.89. The summed E-state index contributed by atoms with van der Waals surface area (Å²) in [4.78, 5) is 14.1. The van der Waals surface area contributed by atoms with E-state index in [0.29, 0.717) is 27.0 Å². The molecule has 21 heavy (non-hydrogen) atoms. The summed E-state index contributed by atoms with van der Waals surface area (Å²) < 4.78 is 0. The van der Waals surface area contributed by atoms with Gasteiger partial charge in [-0.2, -0.15) is 0 Å². The Hall–Kier alpha value is -1.91. The van der Waals surface area contributed by atoms with E-state index < -0.39 is 0 Å². The maximum atomic E-state index is 12.2. The Morgan fingerprint density at radius 2 is 1.81 bits per heavy atom. The summed E-state index contributed by atoms with van der Waals surface area (Å²) in [5.74, 6) is -0.311. The van der Waals surface area contributed by atoms with E-state index in [0.717, 1.165) is 5.69 Å². The molecule has 2 rings (SSSR count). The lowest BCUT2D eigenvalue weighted by Gasteiger charge is -2.15. The van der Waals surface area contributed by atoms with Crippen LogP contribution in [-0.2, 0) is 0 Å². The third-order valence-corrected chi connectivity index (χ3v) is 3.54. The van der Waals surface area contributed by atoms with Gasteiger partial charge >= 0.3 is 0 Å². The summed E-state index contributed by atoms with van der Waals surface area (Å²) in [7, 11) is 3.79.